The first-order valence-electron chi connectivity index (χ1n) is 3.67. The summed E-state index contributed by atoms with van der Waals surface area (Å²) in [5, 5.41) is 0. The molecular weight excluding hydrogens is 214 g/mol. The van der Waals surface area contributed by atoms with Crippen molar-refractivity contribution in [3.05, 3.63) is 0 Å². The van der Waals surface area contributed by atoms with Gasteiger partial charge in [-0.3, -0.25) is 0 Å². The maximum absolute atomic E-state index is 10.4. The summed E-state index contributed by atoms with van der Waals surface area (Å²) in [4.78, 5) is 0. The molecular formula is C6H16AsFO3. The van der Waals surface area contributed by atoms with Gasteiger partial charge in [0.15, 0.2) is 0 Å². The maximum atomic E-state index is 10.4. The van der Waals surface area contributed by atoms with Crippen LogP contribution in [0, 0.1) is 0 Å². The quantitative estimate of drug-likeness (QED) is 0.569. The zero-order valence-corrected chi connectivity index (χ0v) is 8.83. The van der Waals surface area contributed by atoms with Crippen LogP contribution >= 0.6 is 0 Å². The summed E-state index contributed by atoms with van der Waals surface area (Å²) in [5.41, 5.74) is 0. The van der Waals surface area contributed by atoms with Gasteiger partial charge in [-0.25, -0.2) is 0 Å². The van der Waals surface area contributed by atoms with Gasteiger partial charge in [-0.05, 0) is 0 Å². The molecule has 0 aromatic carbocycles. The standard InChI is InChI=1S/C6H14.AsFH2O3/c1-3-5-6-4-2;2-1(3,4)5/h3-6H2,1-2H3;(H2,3,4,5). The van der Waals surface area contributed by atoms with E-state index in [-0.39, 0.29) is 0 Å². The van der Waals surface area contributed by atoms with Crippen LogP contribution in [0.15, 0.2) is 0 Å². The Balaban J connectivity index is 0. The van der Waals surface area contributed by atoms with E-state index in [1.54, 1.807) is 0 Å². The molecule has 0 fully saturated rings. The summed E-state index contributed by atoms with van der Waals surface area (Å²) in [5.74, 6) is 0. The molecule has 0 unspecified atom stereocenters. The van der Waals surface area contributed by atoms with Gasteiger partial charge in [0.25, 0.3) is 0 Å². The molecule has 0 saturated carbocycles. The molecule has 2 N–H and O–H groups in total. The van der Waals surface area contributed by atoms with Crippen LogP contribution in [0.4, 0.5) is 3.47 Å². The molecule has 0 saturated heterocycles. The van der Waals surface area contributed by atoms with Crippen LogP contribution in [0.25, 0.3) is 0 Å². The molecule has 0 aromatic heterocycles. The fraction of sp³-hybridized carbons (Fsp3) is 1.00. The Hall–Kier alpha value is 0.208. The molecule has 0 amide bonds. The summed E-state index contributed by atoms with van der Waals surface area (Å²) < 4.78 is 33.2. The van der Waals surface area contributed by atoms with E-state index in [9.17, 15) is 3.47 Å². The molecule has 0 aliphatic heterocycles. The Kier molecular flexibility index (Phi) is 10.4. The number of unbranched alkanes of at least 4 members (excludes halogenated alkanes) is 3. The Bertz CT molecular complexity index is 100. The third-order valence-corrected chi connectivity index (χ3v) is 0.957. The topological polar surface area (TPSA) is 57.5 Å². The van der Waals surface area contributed by atoms with Gasteiger partial charge in [-0.1, -0.05) is 39.5 Å². The zero-order chi connectivity index (χ0) is 9.33. The van der Waals surface area contributed by atoms with Gasteiger partial charge >= 0.3 is 30.0 Å². The molecule has 70 valence electrons. The third kappa shape index (κ3) is 66.8. The third-order valence-electron chi connectivity index (χ3n) is 0.957. The van der Waals surface area contributed by atoms with Crippen molar-refractivity contribution in [2.24, 2.45) is 0 Å². The fourth-order valence-corrected chi connectivity index (χ4v) is 0.500. The summed E-state index contributed by atoms with van der Waals surface area (Å²) >= 11 is -5.62. The second kappa shape index (κ2) is 8.31. The summed E-state index contributed by atoms with van der Waals surface area (Å²) in [7, 11) is 0. The van der Waals surface area contributed by atoms with Gasteiger partial charge in [0.1, 0.15) is 0 Å². The van der Waals surface area contributed by atoms with Gasteiger partial charge < -0.3 is 0 Å². The van der Waals surface area contributed by atoms with Crippen molar-refractivity contribution in [3.63, 3.8) is 0 Å². The van der Waals surface area contributed by atoms with Crippen molar-refractivity contribution in [1.29, 1.82) is 0 Å². The normalized spacial score (nSPS) is 10.3. The fourth-order valence-electron chi connectivity index (χ4n) is 0.500. The van der Waals surface area contributed by atoms with Crippen LogP contribution in [0.3, 0.4) is 0 Å². The predicted molar refractivity (Wildman–Crippen MR) is 41.8 cm³/mol. The molecule has 0 aliphatic rings. The second-order valence-electron chi connectivity index (χ2n) is 2.18. The van der Waals surface area contributed by atoms with Crippen LogP contribution in [-0.4, -0.2) is 22.8 Å². The molecule has 0 radical (unpaired) electrons. The van der Waals surface area contributed by atoms with Crippen LogP contribution in [0.2, 0.25) is 0 Å². The molecule has 0 spiro atoms. The summed E-state index contributed by atoms with van der Waals surface area (Å²) in [6, 6.07) is 0. The average Bonchev–Trinajstić information content (AvgIpc) is 1.79. The van der Waals surface area contributed by atoms with E-state index in [0.717, 1.165) is 0 Å². The van der Waals surface area contributed by atoms with E-state index < -0.39 is 14.6 Å². The first-order chi connectivity index (χ1) is 4.91. The van der Waals surface area contributed by atoms with Crippen molar-refractivity contribution in [2.45, 2.75) is 39.5 Å². The first kappa shape index (κ1) is 13.8. The first-order valence-corrected chi connectivity index (χ1v) is 6.82. The van der Waals surface area contributed by atoms with Crippen LogP contribution < -0.4 is 0 Å². The molecule has 3 nitrogen and oxygen atoms in total. The SMILES string of the molecule is CCCCCC.O=[As](O)(O)F. The van der Waals surface area contributed by atoms with E-state index in [0.29, 0.717) is 0 Å². The number of halogens is 1. The number of hydrogen-bond acceptors (Lipinski definition) is 1. The Morgan fingerprint density at radius 2 is 1.36 bits per heavy atom. The average molecular weight is 230 g/mol. The van der Waals surface area contributed by atoms with E-state index in [4.69, 9.17) is 11.9 Å². The van der Waals surface area contributed by atoms with E-state index in [2.05, 4.69) is 13.8 Å². The monoisotopic (exact) mass is 230 g/mol. The van der Waals surface area contributed by atoms with Crippen molar-refractivity contribution in [3.8, 4) is 0 Å². The molecule has 0 bridgehead atoms. The molecule has 0 aliphatic carbocycles. The number of hydrogen-bond donors (Lipinski definition) is 2. The second-order valence-corrected chi connectivity index (χ2v) is 4.16. The Morgan fingerprint density at radius 3 is 1.45 bits per heavy atom. The van der Waals surface area contributed by atoms with E-state index >= 15 is 0 Å². The van der Waals surface area contributed by atoms with Crippen molar-refractivity contribution in [1.82, 2.24) is 0 Å². The Labute approximate surface area is 70.1 Å². The minimum atomic E-state index is -5.62. The van der Waals surface area contributed by atoms with Gasteiger partial charge in [-0.15, -0.1) is 0 Å². The van der Waals surface area contributed by atoms with Gasteiger partial charge in [0, 0.05) is 0 Å². The minimum absolute atomic E-state index is 1.36. The molecule has 0 aromatic rings. The van der Waals surface area contributed by atoms with Gasteiger partial charge in [0.05, 0.1) is 0 Å². The molecule has 0 rings (SSSR count). The molecule has 11 heavy (non-hydrogen) atoms. The predicted octanol–water partition coefficient (Wildman–Crippen LogP) is 1.39. The van der Waals surface area contributed by atoms with Crippen LogP contribution in [-0.2, 0) is 3.74 Å². The van der Waals surface area contributed by atoms with E-state index in [1.165, 1.54) is 25.7 Å². The summed E-state index contributed by atoms with van der Waals surface area (Å²) in [6.07, 6.45) is 5.54. The zero-order valence-electron chi connectivity index (χ0n) is 6.96. The summed E-state index contributed by atoms with van der Waals surface area (Å²) in [6.45, 7) is 4.46. The van der Waals surface area contributed by atoms with Gasteiger partial charge in [0.2, 0.25) is 0 Å². The molecule has 0 atom stereocenters. The van der Waals surface area contributed by atoms with Crippen molar-refractivity contribution >= 4 is 14.6 Å². The molecule has 5 heteroatoms. The Morgan fingerprint density at radius 1 is 1.18 bits per heavy atom. The van der Waals surface area contributed by atoms with E-state index in [1.807, 2.05) is 0 Å². The van der Waals surface area contributed by atoms with Gasteiger partial charge in [-0.2, -0.15) is 0 Å². The number of rotatable bonds is 3. The van der Waals surface area contributed by atoms with Crippen molar-refractivity contribution in [2.75, 3.05) is 0 Å². The van der Waals surface area contributed by atoms with Crippen LogP contribution in [0.5, 0.6) is 0 Å². The molecule has 0 heterocycles. The van der Waals surface area contributed by atoms with Crippen molar-refractivity contribution < 1.29 is 15.4 Å². The van der Waals surface area contributed by atoms with Crippen LogP contribution in [0.1, 0.15) is 39.5 Å².